The fraction of sp³-hybridized carbons (Fsp3) is 0.188. The van der Waals surface area contributed by atoms with Crippen molar-refractivity contribution < 1.29 is 4.79 Å². The van der Waals surface area contributed by atoms with Gasteiger partial charge in [0.05, 0.1) is 0 Å². The summed E-state index contributed by atoms with van der Waals surface area (Å²) in [6, 6.07) is 15.9. The Kier molecular flexibility index (Phi) is 3.97. The van der Waals surface area contributed by atoms with E-state index in [1.165, 1.54) is 11.1 Å². The fourth-order valence-corrected chi connectivity index (χ4v) is 2.00. The molecule has 2 aromatic rings. The van der Waals surface area contributed by atoms with Gasteiger partial charge in [-0.25, -0.2) is 0 Å². The van der Waals surface area contributed by atoms with Crippen molar-refractivity contribution in [3.8, 4) is 11.1 Å². The van der Waals surface area contributed by atoms with Gasteiger partial charge in [-0.3, -0.25) is 4.79 Å². The molecule has 0 saturated carbocycles. The molecular formula is C16H18N2O. The molecular weight excluding hydrogens is 236 g/mol. The second kappa shape index (κ2) is 5.67. The Hall–Kier alpha value is -2.13. The number of benzene rings is 2. The third kappa shape index (κ3) is 3.42. The lowest BCUT2D eigenvalue weighted by molar-refractivity contribution is -0.118. The van der Waals surface area contributed by atoms with Crippen LogP contribution in [0.3, 0.4) is 0 Å². The van der Waals surface area contributed by atoms with Gasteiger partial charge in [0, 0.05) is 12.5 Å². The summed E-state index contributed by atoms with van der Waals surface area (Å²) in [5.74, 6) is -0.380. The smallest absolute Gasteiger partial charge is 0.219 e. The number of rotatable bonds is 4. The molecule has 1 unspecified atom stereocenters. The van der Waals surface area contributed by atoms with Gasteiger partial charge in [-0.05, 0) is 23.6 Å². The van der Waals surface area contributed by atoms with E-state index in [2.05, 4.69) is 31.2 Å². The van der Waals surface area contributed by atoms with Gasteiger partial charge in [-0.2, -0.15) is 0 Å². The monoisotopic (exact) mass is 254 g/mol. The summed E-state index contributed by atoms with van der Waals surface area (Å²) in [6.45, 7) is 2.07. The summed E-state index contributed by atoms with van der Waals surface area (Å²) >= 11 is 0. The van der Waals surface area contributed by atoms with Gasteiger partial charge in [-0.15, -0.1) is 0 Å². The van der Waals surface area contributed by atoms with E-state index in [0.29, 0.717) is 0 Å². The number of hydrogen-bond acceptors (Lipinski definition) is 2. The van der Waals surface area contributed by atoms with Gasteiger partial charge in [-0.1, -0.05) is 54.1 Å². The van der Waals surface area contributed by atoms with Gasteiger partial charge in [0.25, 0.3) is 0 Å². The van der Waals surface area contributed by atoms with Gasteiger partial charge >= 0.3 is 0 Å². The number of primary amides is 1. The molecule has 0 aliphatic carbocycles. The van der Waals surface area contributed by atoms with Crippen LogP contribution in [0, 0.1) is 6.92 Å². The molecule has 98 valence electrons. The molecule has 3 heteroatoms. The highest BCUT2D eigenvalue weighted by molar-refractivity contribution is 5.74. The summed E-state index contributed by atoms with van der Waals surface area (Å²) in [7, 11) is 0. The second-order valence-electron chi connectivity index (χ2n) is 4.76. The molecule has 0 fully saturated rings. The van der Waals surface area contributed by atoms with Crippen LogP contribution >= 0.6 is 0 Å². The van der Waals surface area contributed by atoms with Crippen LogP contribution in [0.25, 0.3) is 11.1 Å². The zero-order chi connectivity index (χ0) is 13.8. The first-order chi connectivity index (χ1) is 9.06. The van der Waals surface area contributed by atoms with Crippen LogP contribution in [0.4, 0.5) is 0 Å². The van der Waals surface area contributed by atoms with Gasteiger partial charge in [0.1, 0.15) is 0 Å². The quantitative estimate of drug-likeness (QED) is 0.880. The van der Waals surface area contributed by atoms with Crippen molar-refractivity contribution in [1.29, 1.82) is 0 Å². The molecule has 0 aliphatic heterocycles. The lowest BCUT2D eigenvalue weighted by Crippen LogP contribution is -2.20. The molecule has 1 atom stereocenters. The minimum atomic E-state index is -0.380. The molecule has 0 radical (unpaired) electrons. The molecule has 3 nitrogen and oxygen atoms in total. The van der Waals surface area contributed by atoms with Crippen molar-refractivity contribution >= 4 is 5.91 Å². The molecule has 1 amide bonds. The van der Waals surface area contributed by atoms with E-state index >= 15 is 0 Å². The standard InChI is InChI=1S/C16H18N2O/c1-11-2-4-12(5-3-11)13-6-8-14(9-7-13)15(17)10-16(18)19/h2-9,15H,10,17H2,1H3,(H2,18,19). The largest absolute Gasteiger partial charge is 0.370 e. The Morgan fingerprint density at radius 1 is 1.00 bits per heavy atom. The van der Waals surface area contributed by atoms with Crippen molar-refractivity contribution in [2.45, 2.75) is 19.4 Å². The minimum absolute atomic E-state index is 0.171. The maximum atomic E-state index is 10.8. The molecule has 2 rings (SSSR count). The van der Waals surface area contributed by atoms with Crippen LogP contribution < -0.4 is 11.5 Å². The summed E-state index contributed by atoms with van der Waals surface area (Å²) in [6.07, 6.45) is 0.171. The van der Waals surface area contributed by atoms with Gasteiger partial charge < -0.3 is 11.5 Å². The molecule has 0 heterocycles. The Morgan fingerprint density at radius 3 is 1.95 bits per heavy atom. The molecule has 0 aliphatic rings. The summed E-state index contributed by atoms with van der Waals surface area (Å²) in [5, 5.41) is 0. The topological polar surface area (TPSA) is 69.1 Å². The molecule has 0 spiro atoms. The Labute approximate surface area is 113 Å². The van der Waals surface area contributed by atoms with E-state index < -0.39 is 0 Å². The number of carbonyl (C=O) groups is 1. The van der Waals surface area contributed by atoms with Gasteiger partial charge in [0.2, 0.25) is 5.91 Å². The Balaban J connectivity index is 2.18. The molecule has 2 aromatic carbocycles. The first kappa shape index (κ1) is 13.3. The van der Waals surface area contributed by atoms with Crippen molar-refractivity contribution in [3.63, 3.8) is 0 Å². The lowest BCUT2D eigenvalue weighted by Gasteiger charge is -2.10. The lowest BCUT2D eigenvalue weighted by atomic mass is 9.99. The number of hydrogen-bond donors (Lipinski definition) is 2. The van der Waals surface area contributed by atoms with Crippen LogP contribution in [-0.2, 0) is 4.79 Å². The summed E-state index contributed by atoms with van der Waals surface area (Å²) < 4.78 is 0. The predicted molar refractivity (Wildman–Crippen MR) is 77.4 cm³/mol. The fourth-order valence-electron chi connectivity index (χ4n) is 2.00. The first-order valence-corrected chi connectivity index (χ1v) is 6.27. The van der Waals surface area contributed by atoms with E-state index in [-0.39, 0.29) is 18.4 Å². The van der Waals surface area contributed by atoms with Crippen LogP contribution in [0.1, 0.15) is 23.6 Å². The summed E-state index contributed by atoms with van der Waals surface area (Å²) in [4.78, 5) is 10.8. The van der Waals surface area contributed by atoms with Crippen molar-refractivity contribution in [2.24, 2.45) is 11.5 Å². The normalized spacial score (nSPS) is 12.1. The van der Waals surface area contributed by atoms with E-state index in [0.717, 1.165) is 11.1 Å². The zero-order valence-corrected chi connectivity index (χ0v) is 11.0. The van der Waals surface area contributed by atoms with Crippen LogP contribution in [0.15, 0.2) is 48.5 Å². The van der Waals surface area contributed by atoms with Crippen LogP contribution in [0.2, 0.25) is 0 Å². The van der Waals surface area contributed by atoms with Crippen LogP contribution in [-0.4, -0.2) is 5.91 Å². The van der Waals surface area contributed by atoms with Crippen molar-refractivity contribution in [3.05, 3.63) is 59.7 Å². The van der Waals surface area contributed by atoms with Gasteiger partial charge in [0.15, 0.2) is 0 Å². The third-order valence-corrected chi connectivity index (χ3v) is 3.14. The average Bonchev–Trinajstić information content (AvgIpc) is 2.39. The van der Waals surface area contributed by atoms with Crippen molar-refractivity contribution in [1.82, 2.24) is 0 Å². The summed E-state index contributed by atoms with van der Waals surface area (Å²) in [5.41, 5.74) is 15.5. The molecule has 0 saturated heterocycles. The number of nitrogens with two attached hydrogens (primary N) is 2. The maximum absolute atomic E-state index is 10.8. The zero-order valence-electron chi connectivity index (χ0n) is 11.0. The minimum Gasteiger partial charge on any atom is -0.370 e. The predicted octanol–water partition coefficient (Wildman–Crippen LogP) is 2.54. The average molecular weight is 254 g/mol. The maximum Gasteiger partial charge on any atom is 0.219 e. The second-order valence-corrected chi connectivity index (χ2v) is 4.76. The molecule has 19 heavy (non-hydrogen) atoms. The highest BCUT2D eigenvalue weighted by Gasteiger charge is 2.09. The Morgan fingerprint density at radius 2 is 1.47 bits per heavy atom. The Bertz CT molecular complexity index is 558. The van der Waals surface area contributed by atoms with E-state index in [1.54, 1.807) is 0 Å². The first-order valence-electron chi connectivity index (χ1n) is 6.27. The number of amides is 1. The van der Waals surface area contributed by atoms with Crippen LogP contribution in [0.5, 0.6) is 0 Å². The SMILES string of the molecule is Cc1ccc(-c2ccc(C(N)CC(N)=O)cc2)cc1. The highest BCUT2D eigenvalue weighted by Crippen LogP contribution is 2.22. The van der Waals surface area contributed by atoms with E-state index in [4.69, 9.17) is 11.5 Å². The molecule has 0 aromatic heterocycles. The number of aryl methyl sites for hydroxylation is 1. The van der Waals surface area contributed by atoms with Crippen molar-refractivity contribution in [2.75, 3.05) is 0 Å². The molecule has 4 N–H and O–H groups in total. The highest BCUT2D eigenvalue weighted by atomic mass is 16.1. The molecule has 0 bridgehead atoms. The van der Waals surface area contributed by atoms with E-state index in [9.17, 15) is 4.79 Å². The number of carbonyl (C=O) groups excluding carboxylic acids is 1. The third-order valence-electron chi connectivity index (χ3n) is 3.14. The van der Waals surface area contributed by atoms with E-state index in [1.807, 2.05) is 24.3 Å².